The molecule has 0 bridgehead atoms. The molecule has 0 saturated carbocycles. The van der Waals surface area contributed by atoms with Crippen LogP contribution in [0.3, 0.4) is 0 Å². The fourth-order valence-corrected chi connectivity index (χ4v) is 4.21. The monoisotopic (exact) mass is 454 g/mol. The van der Waals surface area contributed by atoms with Crippen LogP contribution in [0.15, 0.2) is 109 Å². The third-order valence-electron chi connectivity index (χ3n) is 5.60. The quantitative estimate of drug-likeness (QED) is 0.272. The summed E-state index contributed by atoms with van der Waals surface area (Å²) in [5, 5.41) is 15.4. The molecule has 5 rings (SSSR count). The number of nitro benzene ring substituents is 1. The maximum Gasteiger partial charge on any atom is 0.269 e. The number of hydrogen-bond acceptors (Lipinski definition) is 4. The summed E-state index contributed by atoms with van der Waals surface area (Å²) < 4.78 is 6.77. The Kier molecular flexibility index (Phi) is 5.32. The van der Waals surface area contributed by atoms with Crippen LogP contribution >= 0.6 is 11.6 Å². The molecule has 0 spiro atoms. The van der Waals surface area contributed by atoms with Crippen molar-refractivity contribution in [2.24, 2.45) is 0 Å². The minimum atomic E-state index is -0.989. The maximum absolute atomic E-state index is 11.2. The molecule has 6 heteroatoms. The van der Waals surface area contributed by atoms with Gasteiger partial charge in [-0.05, 0) is 24.3 Å². The molecular weight excluding hydrogens is 436 g/mol. The molecule has 1 heterocycles. The van der Waals surface area contributed by atoms with Crippen LogP contribution < -0.4 is 5.32 Å². The van der Waals surface area contributed by atoms with Crippen molar-refractivity contribution in [3.8, 4) is 0 Å². The molecule has 162 valence electrons. The highest BCUT2D eigenvalue weighted by molar-refractivity contribution is 6.30. The Bertz CT molecular complexity index is 1300. The van der Waals surface area contributed by atoms with Crippen molar-refractivity contribution >= 4 is 28.7 Å². The summed E-state index contributed by atoms with van der Waals surface area (Å²) in [4.78, 5) is 10.8. The van der Waals surface area contributed by atoms with Crippen LogP contribution in [0.25, 0.3) is 11.5 Å². The van der Waals surface area contributed by atoms with Gasteiger partial charge in [0, 0.05) is 39.4 Å². The number of rotatable bonds is 5. The lowest BCUT2D eigenvalue weighted by molar-refractivity contribution is -0.384. The number of hydrogen-bond donors (Lipinski definition) is 1. The van der Waals surface area contributed by atoms with E-state index in [0.29, 0.717) is 10.8 Å². The first kappa shape index (κ1) is 20.8. The second kappa shape index (κ2) is 8.45. The van der Waals surface area contributed by atoms with Crippen LogP contribution in [-0.4, -0.2) is 4.92 Å². The normalized spacial score (nSPS) is 14.5. The van der Waals surface area contributed by atoms with Gasteiger partial charge in [-0.15, -0.1) is 0 Å². The fourth-order valence-electron chi connectivity index (χ4n) is 4.02. The number of nitrogens with zero attached hydrogens (tertiary/aromatic N) is 1. The molecule has 0 unspecified atom stereocenters. The first-order chi connectivity index (χ1) is 16.1. The lowest BCUT2D eigenvalue weighted by Crippen LogP contribution is -2.40. The number of ether oxygens (including phenoxy) is 1. The zero-order valence-electron chi connectivity index (χ0n) is 17.4. The highest BCUT2D eigenvalue weighted by Crippen LogP contribution is 2.45. The van der Waals surface area contributed by atoms with Crippen LogP contribution in [0.1, 0.15) is 22.3 Å². The van der Waals surface area contributed by atoms with Gasteiger partial charge < -0.3 is 10.1 Å². The zero-order chi connectivity index (χ0) is 22.8. The summed E-state index contributed by atoms with van der Waals surface area (Å²) in [5.74, 6) is 0.583. The Morgan fingerprint density at radius 3 is 1.91 bits per heavy atom. The minimum Gasteiger partial charge on any atom is -0.457 e. The van der Waals surface area contributed by atoms with Gasteiger partial charge in [0.2, 0.25) is 5.72 Å². The topological polar surface area (TPSA) is 64.4 Å². The minimum absolute atomic E-state index is 0.0204. The number of halogens is 1. The van der Waals surface area contributed by atoms with Gasteiger partial charge in [0.05, 0.1) is 10.6 Å². The summed E-state index contributed by atoms with van der Waals surface area (Å²) in [6.07, 6.45) is 0. The van der Waals surface area contributed by atoms with Crippen molar-refractivity contribution in [3.05, 3.63) is 147 Å². The molecule has 0 aromatic heterocycles. The lowest BCUT2D eigenvalue weighted by Gasteiger charge is -2.31. The zero-order valence-corrected chi connectivity index (χ0v) is 18.2. The molecule has 0 radical (unpaired) electrons. The summed E-state index contributed by atoms with van der Waals surface area (Å²) in [6.45, 7) is 0. The van der Waals surface area contributed by atoms with Gasteiger partial charge >= 0.3 is 0 Å². The van der Waals surface area contributed by atoms with Crippen LogP contribution in [0.5, 0.6) is 0 Å². The summed E-state index contributed by atoms with van der Waals surface area (Å²) in [5.41, 5.74) is 3.20. The third kappa shape index (κ3) is 3.83. The average Bonchev–Trinajstić information content (AvgIpc) is 3.27. The van der Waals surface area contributed by atoms with Crippen molar-refractivity contribution in [1.29, 1.82) is 0 Å². The molecule has 0 amide bonds. The van der Waals surface area contributed by atoms with Gasteiger partial charge in [0.15, 0.2) is 5.76 Å². The Balaban J connectivity index is 1.71. The number of non-ortho nitro benzene ring substituents is 1. The molecule has 1 N–H and O–H groups in total. The molecule has 0 saturated heterocycles. The summed E-state index contributed by atoms with van der Waals surface area (Å²) >= 11 is 6.31. The Labute approximate surface area is 196 Å². The number of benzene rings is 4. The molecule has 5 nitrogen and oxygen atoms in total. The Hall–Kier alpha value is -4.09. The SMILES string of the molecule is O=[N+]([O-])c1ccc(C2=C(c3cccc(Cl)c3)NC(c3ccccc3)(c3ccccc3)O2)cc1. The van der Waals surface area contributed by atoms with E-state index in [2.05, 4.69) is 5.32 Å². The van der Waals surface area contributed by atoms with Crippen molar-refractivity contribution in [1.82, 2.24) is 5.32 Å². The fraction of sp³-hybridized carbons (Fsp3) is 0.0370. The molecule has 4 aromatic rings. The molecule has 0 atom stereocenters. The van der Waals surface area contributed by atoms with Gasteiger partial charge in [0.1, 0.15) is 0 Å². The van der Waals surface area contributed by atoms with Gasteiger partial charge in [-0.1, -0.05) is 84.4 Å². The molecule has 1 aliphatic heterocycles. The van der Waals surface area contributed by atoms with E-state index in [-0.39, 0.29) is 5.69 Å². The number of nitro groups is 1. The van der Waals surface area contributed by atoms with E-state index >= 15 is 0 Å². The van der Waals surface area contributed by atoms with E-state index in [1.165, 1.54) is 12.1 Å². The van der Waals surface area contributed by atoms with E-state index in [9.17, 15) is 10.1 Å². The van der Waals surface area contributed by atoms with Gasteiger partial charge in [-0.25, -0.2) is 0 Å². The number of nitrogens with one attached hydrogen (secondary N) is 1. The lowest BCUT2D eigenvalue weighted by atomic mass is 9.94. The Morgan fingerprint density at radius 1 is 0.758 bits per heavy atom. The maximum atomic E-state index is 11.2. The van der Waals surface area contributed by atoms with Crippen molar-refractivity contribution in [3.63, 3.8) is 0 Å². The largest absolute Gasteiger partial charge is 0.457 e. The molecule has 4 aromatic carbocycles. The van der Waals surface area contributed by atoms with Gasteiger partial charge in [0.25, 0.3) is 5.69 Å². The first-order valence-electron chi connectivity index (χ1n) is 10.4. The summed E-state index contributed by atoms with van der Waals surface area (Å²) in [7, 11) is 0. The van der Waals surface area contributed by atoms with E-state index in [1.807, 2.05) is 84.9 Å². The highest BCUT2D eigenvalue weighted by Gasteiger charge is 2.44. The van der Waals surface area contributed by atoms with E-state index < -0.39 is 10.6 Å². The molecule has 33 heavy (non-hydrogen) atoms. The van der Waals surface area contributed by atoms with E-state index in [1.54, 1.807) is 12.1 Å². The Morgan fingerprint density at radius 2 is 1.36 bits per heavy atom. The van der Waals surface area contributed by atoms with Crippen molar-refractivity contribution < 1.29 is 9.66 Å². The molecule has 0 fully saturated rings. The second-order valence-electron chi connectivity index (χ2n) is 7.66. The van der Waals surface area contributed by atoms with Crippen LogP contribution in [-0.2, 0) is 10.5 Å². The van der Waals surface area contributed by atoms with E-state index in [0.717, 1.165) is 28.0 Å². The average molecular weight is 455 g/mol. The second-order valence-corrected chi connectivity index (χ2v) is 8.10. The van der Waals surface area contributed by atoms with Crippen molar-refractivity contribution in [2.75, 3.05) is 0 Å². The van der Waals surface area contributed by atoms with Gasteiger partial charge in [-0.3, -0.25) is 10.1 Å². The first-order valence-corrected chi connectivity index (χ1v) is 10.8. The molecular formula is C27H19ClN2O3. The standard InChI is InChI=1S/C27H19ClN2O3/c28-23-13-7-8-20(18-23)25-26(19-14-16-24(17-15-19)30(31)32)33-27(29-25,21-9-3-1-4-10-21)22-11-5-2-6-12-22/h1-18,29H. The predicted molar refractivity (Wildman–Crippen MR) is 129 cm³/mol. The third-order valence-corrected chi connectivity index (χ3v) is 5.83. The van der Waals surface area contributed by atoms with Crippen LogP contribution in [0, 0.1) is 10.1 Å². The summed E-state index contributed by atoms with van der Waals surface area (Å²) in [6, 6.07) is 33.7. The van der Waals surface area contributed by atoms with Gasteiger partial charge in [-0.2, -0.15) is 0 Å². The van der Waals surface area contributed by atoms with Crippen LogP contribution in [0.2, 0.25) is 5.02 Å². The molecule has 1 aliphatic rings. The highest BCUT2D eigenvalue weighted by atomic mass is 35.5. The molecule has 0 aliphatic carbocycles. The predicted octanol–water partition coefficient (Wildman–Crippen LogP) is 6.60. The van der Waals surface area contributed by atoms with Crippen molar-refractivity contribution in [2.45, 2.75) is 5.72 Å². The smallest absolute Gasteiger partial charge is 0.269 e. The van der Waals surface area contributed by atoms with Crippen LogP contribution in [0.4, 0.5) is 5.69 Å². The van der Waals surface area contributed by atoms with E-state index in [4.69, 9.17) is 16.3 Å².